The van der Waals surface area contributed by atoms with Crippen molar-refractivity contribution in [2.75, 3.05) is 14.2 Å². The number of carbonyl (C=O) groups is 2. The van der Waals surface area contributed by atoms with E-state index in [9.17, 15) is 14.7 Å². The van der Waals surface area contributed by atoms with Crippen molar-refractivity contribution in [1.82, 2.24) is 0 Å². The fourth-order valence-corrected chi connectivity index (χ4v) is 2.78. The number of aliphatic carboxylic acids is 2. The van der Waals surface area contributed by atoms with Gasteiger partial charge in [0.2, 0.25) is 0 Å². The van der Waals surface area contributed by atoms with Crippen LogP contribution in [-0.2, 0) is 28.5 Å². The summed E-state index contributed by atoms with van der Waals surface area (Å²) in [5.41, 5.74) is 0. The maximum absolute atomic E-state index is 10.9. The van der Waals surface area contributed by atoms with E-state index in [1.54, 1.807) is 6.92 Å². The molecule has 164 valence electrons. The topological polar surface area (TPSA) is 213 Å². The molecule has 2 heterocycles. The first kappa shape index (κ1) is 24.6. The maximum Gasteiger partial charge on any atom is 0.335 e. The number of hydrogen-bond acceptors (Lipinski definition) is 11. The highest BCUT2D eigenvalue weighted by atomic mass is 16.7. The van der Waals surface area contributed by atoms with E-state index in [0.717, 1.165) is 0 Å². The van der Waals surface area contributed by atoms with E-state index in [4.69, 9.17) is 44.8 Å². The van der Waals surface area contributed by atoms with Crippen LogP contribution < -0.4 is 0 Å². The molecule has 0 aliphatic carbocycles. The Labute approximate surface area is 159 Å². The van der Waals surface area contributed by atoms with E-state index < -0.39 is 67.2 Å². The van der Waals surface area contributed by atoms with Gasteiger partial charge < -0.3 is 54.7 Å². The summed E-state index contributed by atoms with van der Waals surface area (Å²) >= 11 is 0. The largest absolute Gasteiger partial charge is 0.479 e. The van der Waals surface area contributed by atoms with Crippen molar-refractivity contribution in [2.45, 2.75) is 62.2 Å². The van der Waals surface area contributed by atoms with E-state index in [1.165, 1.54) is 14.2 Å². The first-order chi connectivity index (χ1) is 13.0. The molecule has 2 aliphatic heterocycles. The monoisotopic (exact) mass is 414 g/mol. The van der Waals surface area contributed by atoms with Crippen molar-refractivity contribution in [3.8, 4) is 0 Å². The van der Waals surface area contributed by atoms with Crippen molar-refractivity contribution in [2.24, 2.45) is 5.92 Å². The minimum atomic E-state index is -1.81. The maximum atomic E-state index is 10.9. The Kier molecular flexibility index (Phi) is 9.13. The number of aliphatic hydroxyl groups excluding tert-OH is 5. The molecule has 13 nitrogen and oxygen atoms in total. The highest BCUT2D eigenvalue weighted by Gasteiger charge is 2.47. The number of ether oxygens (including phenoxy) is 4. The summed E-state index contributed by atoms with van der Waals surface area (Å²) < 4.78 is 19.4. The normalized spacial score (nSPS) is 43.6. The number of hydrogen-bond donors (Lipinski definition) is 7. The van der Waals surface area contributed by atoms with Gasteiger partial charge >= 0.3 is 11.9 Å². The van der Waals surface area contributed by atoms with E-state index in [-0.39, 0.29) is 5.92 Å². The fraction of sp³-hybridized carbons (Fsp3) is 0.867. The quantitative estimate of drug-likeness (QED) is 0.236. The summed E-state index contributed by atoms with van der Waals surface area (Å²) in [5, 5.41) is 63.1. The second-order valence-electron chi connectivity index (χ2n) is 6.31. The molecule has 2 aliphatic rings. The SMILES string of the molecule is CO[C@@H]1OC(C(=O)O)[C@@H](OC)[C@H](O)C1C.O=C(O)C1O[C@@H](O)C(O)[C@@H](O)[C@@H]1O. The predicted molar refractivity (Wildman–Crippen MR) is 85.8 cm³/mol. The molecule has 2 fully saturated rings. The zero-order chi connectivity index (χ0) is 21.8. The summed E-state index contributed by atoms with van der Waals surface area (Å²) in [4.78, 5) is 21.2. The van der Waals surface area contributed by atoms with Crippen LogP contribution in [0.3, 0.4) is 0 Å². The summed E-state index contributed by atoms with van der Waals surface area (Å²) in [6, 6.07) is 0. The van der Waals surface area contributed by atoms with Gasteiger partial charge in [-0.2, -0.15) is 0 Å². The molecule has 7 N–H and O–H groups in total. The van der Waals surface area contributed by atoms with Crippen LogP contribution in [0.1, 0.15) is 6.92 Å². The fourth-order valence-electron chi connectivity index (χ4n) is 2.78. The van der Waals surface area contributed by atoms with Crippen molar-refractivity contribution in [3.05, 3.63) is 0 Å². The Morgan fingerprint density at radius 2 is 1.29 bits per heavy atom. The number of carboxylic acid groups (broad SMARTS) is 2. The summed E-state index contributed by atoms with van der Waals surface area (Å²) in [6.07, 6.45) is -12.4. The molecule has 0 amide bonds. The molecular weight excluding hydrogens is 388 g/mol. The molecule has 13 heteroatoms. The van der Waals surface area contributed by atoms with Gasteiger partial charge in [-0.1, -0.05) is 6.92 Å². The third-order valence-corrected chi connectivity index (χ3v) is 4.46. The van der Waals surface area contributed by atoms with Crippen molar-refractivity contribution < 1.29 is 64.3 Å². The van der Waals surface area contributed by atoms with Crippen LogP contribution in [0, 0.1) is 5.92 Å². The standard InChI is InChI=1S/C9H16O6.C6H10O7/c1-4-5(10)6(13-2)7(8(11)12)15-9(4)14-3;7-1-2(8)4(5(10)11)13-6(12)3(1)9/h4-7,9-10H,1-3H3,(H,11,12);1-4,6-9,12H,(H,10,11)/t4?,5-,6+,7?,9-;1-,2-,3?,4?,6+/m10/s1. The van der Waals surface area contributed by atoms with Gasteiger partial charge in [-0.15, -0.1) is 0 Å². The van der Waals surface area contributed by atoms with E-state index >= 15 is 0 Å². The lowest BCUT2D eigenvalue weighted by atomic mass is 9.92. The lowest BCUT2D eigenvalue weighted by molar-refractivity contribution is -0.279. The summed E-state index contributed by atoms with van der Waals surface area (Å²) in [5.74, 6) is -3.03. The first-order valence-electron chi connectivity index (χ1n) is 8.20. The van der Waals surface area contributed by atoms with Crippen LogP contribution in [0.25, 0.3) is 0 Å². The van der Waals surface area contributed by atoms with Crippen LogP contribution in [0.4, 0.5) is 0 Å². The average molecular weight is 414 g/mol. The second kappa shape index (κ2) is 10.4. The van der Waals surface area contributed by atoms with E-state index in [1.807, 2.05) is 0 Å². The molecule has 0 aromatic rings. The zero-order valence-electron chi connectivity index (χ0n) is 15.4. The summed E-state index contributed by atoms with van der Waals surface area (Å²) in [7, 11) is 2.74. The van der Waals surface area contributed by atoms with E-state index in [2.05, 4.69) is 4.74 Å². The average Bonchev–Trinajstić information content (AvgIpc) is 2.64. The Balaban J connectivity index is 0.000000283. The van der Waals surface area contributed by atoms with Crippen LogP contribution in [0.15, 0.2) is 0 Å². The molecule has 10 atom stereocenters. The molecule has 2 saturated heterocycles. The van der Waals surface area contributed by atoms with Crippen molar-refractivity contribution in [1.29, 1.82) is 0 Å². The van der Waals surface area contributed by atoms with Crippen molar-refractivity contribution in [3.63, 3.8) is 0 Å². The van der Waals surface area contributed by atoms with Crippen LogP contribution in [0.5, 0.6) is 0 Å². The third kappa shape index (κ3) is 5.34. The molecule has 0 aromatic heterocycles. The van der Waals surface area contributed by atoms with Crippen molar-refractivity contribution >= 4 is 11.9 Å². The minimum absolute atomic E-state index is 0.337. The molecule has 4 unspecified atom stereocenters. The third-order valence-electron chi connectivity index (χ3n) is 4.46. The molecule has 0 radical (unpaired) electrons. The Hall–Kier alpha value is -1.42. The van der Waals surface area contributed by atoms with Gasteiger partial charge in [0.15, 0.2) is 24.8 Å². The lowest BCUT2D eigenvalue weighted by Crippen LogP contribution is -2.59. The van der Waals surface area contributed by atoms with Crippen LogP contribution in [0.2, 0.25) is 0 Å². The highest BCUT2D eigenvalue weighted by molar-refractivity contribution is 5.73. The van der Waals surface area contributed by atoms with Gasteiger partial charge in [-0.25, -0.2) is 9.59 Å². The molecule has 28 heavy (non-hydrogen) atoms. The van der Waals surface area contributed by atoms with Crippen LogP contribution in [-0.4, -0.2) is 117 Å². The molecule has 0 saturated carbocycles. The smallest absolute Gasteiger partial charge is 0.335 e. The van der Waals surface area contributed by atoms with Gasteiger partial charge in [0.05, 0.1) is 6.10 Å². The molecule has 0 aromatic carbocycles. The van der Waals surface area contributed by atoms with Gasteiger partial charge in [-0.05, 0) is 0 Å². The number of aliphatic hydroxyl groups is 5. The zero-order valence-corrected chi connectivity index (χ0v) is 15.4. The Bertz CT molecular complexity index is 528. The van der Waals surface area contributed by atoms with Crippen LogP contribution >= 0.6 is 0 Å². The molecular formula is C15H26O13. The number of rotatable bonds is 4. The van der Waals surface area contributed by atoms with Gasteiger partial charge in [0, 0.05) is 20.1 Å². The van der Waals surface area contributed by atoms with Gasteiger partial charge in [0.1, 0.15) is 24.4 Å². The number of methoxy groups -OCH3 is 2. The number of carboxylic acids is 2. The Morgan fingerprint density at radius 3 is 1.71 bits per heavy atom. The highest BCUT2D eigenvalue weighted by Crippen LogP contribution is 2.28. The first-order valence-corrected chi connectivity index (χ1v) is 8.20. The molecule has 2 rings (SSSR count). The minimum Gasteiger partial charge on any atom is -0.479 e. The predicted octanol–water partition coefficient (Wildman–Crippen LogP) is -3.67. The second-order valence-corrected chi connectivity index (χ2v) is 6.31. The molecule has 0 spiro atoms. The lowest BCUT2D eigenvalue weighted by Gasteiger charge is -2.40. The Morgan fingerprint density at radius 1 is 0.750 bits per heavy atom. The van der Waals surface area contributed by atoms with Gasteiger partial charge in [-0.3, -0.25) is 0 Å². The summed E-state index contributed by atoms with van der Waals surface area (Å²) in [6.45, 7) is 1.71. The van der Waals surface area contributed by atoms with E-state index in [0.29, 0.717) is 0 Å². The molecule has 0 bridgehead atoms. The van der Waals surface area contributed by atoms with Gasteiger partial charge in [0.25, 0.3) is 0 Å².